The number of rotatable bonds is 8. The number of hydrogen-bond acceptors (Lipinski definition) is 4. The minimum atomic E-state index is -3.80. The number of aryl methyl sites for hydroxylation is 2. The van der Waals surface area contributed by atoms with Crippen molar-refractivity contribution >= 4 is 21.6 Å². The Bertz CT molecular complexity index is 1080. The summed E-state index contributed by atoms with van der Waals surface area (Å²) in [6.07, 6.45) is 3.39. The average molecular weight is 424 g/mol. The van der Waals surface area contributed by atoms with E-state index in [4.69, 9.17) is 0 Å². The van der Waals surface area contributed by atoms with Gasteiger partial charge in [-0.05, 0) is 49.7 Å². The highest BCUT2D eigenvalue weighted by Crippen LogP contribution is 2.24. The lowest BCUT2D eigenvalue weighted by Gasteiger charge is -2.24. The van der Waals surface area contributed by atoms with Crippen LogP contribution in [0.15, 0.2) is 78.0 Å². The third-order valence-electron chi connectivity index (χ3n) is 4.69. The first-order chi connectivity index (χ1) is 14.4. The van der Waals surface area contributed by atoms with Gasteiger partial charge in [-0.3, -0.25) is 14.1 Å². The summed E-state index contributed by atoms with van der Waals surface area (Å²) in [4.78, 5) is 16.6. The molecule has 1 aromatic heterocycles. The first-order valence-corrected chi connectivity index (χ1v) is 11.1. The van der Waals surface area contributed by atoms with Crippen molar-refractivity contribution in [3.63, 3.8) is 0 Å². The number of carbonyl (C=O) groups excluding carboxylic acids is 1. The van der Waals surface area contributed by atoms with Crippen LogP contribution in [0.4, 0.5) is 5.69 Å². The molecule has 1 amide bonds. The molecular formula is C23H25N3O3S. The molecule has 1 heterocycles. The van der Waals surface area contributed by atoms with Crippen LogP contribution in [-0.2, 0) is 21.4 Å². The van der Waals surface area contributed by atoms with Crippen LogP contribution in [0.3, 0.4) is 0 Å². The number of sulfonamides is 1. The lowest BCUT2D eigenvalue weighted by atomic mass is 10.2. The number of aromatic nitrogens is 1. The van der Waals surface area contributed by atoms with Crippen LogP contribution < -0.4 is 9.62 Å². The van der Waals surface area contributed by atoms with Crippen molar-refractivity contribution in [2.45, 2.75) is 31.7 Å². The molecule has 6 nitrogen and oxygen atoms in total. The van der Waals surface area contributed by atoms with Gasteiger partial charge in [0.25, 0.3) is 10.0 Å². The number of amides is 1. The second-order valence-corrected chi connectivity index (χ2v) is 8.98. The van der Waals surface area contributed by atoms with Crippen molar-refractivity contribution in [2.75, 3.05) is 10.8 Å². The number of nitrogens with one attached hydrogen (secondary N) is 1. The normalized spacial score (nSPS) is 11.1. The number of anilines is 1. The van der Waals surface area contributed by atoms with E-state index in [1.54, 1.807) is 54.9 Å². The summed E-state index contributed by atoms with van der Waals surface area (Å²) in [6, 6.07) is 17.6. The molecule has 3 aromatic rings. The molecule has 0 aliphatic carbocycles. The SMILES string of the molecule is Cc1ccc(N(CCC(=O)NCc2cccnc2)S(=O)(=O)c2ccc(C)cc2)cc1. The van der Waals surface area contributed by atoms with Crippen LogP contribution >= 0.6 is 0 Å². The predicted octanol–water partition coefficient (Wildman–Crippen LogP) is 3.60. The molecule has 2 aromatic carbocycles. The largest absolute Gasteiger partial charge is 0.352 e. The summed E-state index contributed by atoms with van der Waals surface area (Å²) in [6.45, 7) is 4.23. The van der Waals surface area contributed by atoms with E-state index < -0.39 is 10.0 Å². The zero-order valence-corrected chi connectivity index (χ0v) is 17.9. The summed E-state index contributed by atoms with van der Waals surface area (Å²) in [5.74, 6) is -0.227. The molecule has 0 radical (unpaired) electrons. The van der Waals surface area contributed by atoms with Crippen molar-refractivity contribution in [1.29, 1.82) is 0 Å². The quantitative estimate of drug-likeness (QED) is 0.600. The lowest BCUT2D eigenvalue weighted by molar-refractivity contribution is -0.121. The fourth-order valence-electron chi connectivity index (χ4n) is 2.93. The van der Waals surface area contributed by atoms with Gasteiger partial charge in [-0.1, -0.05) is 41.5 Å². The summed E-state index contributed by atoms with van der Waals surface area (Å²) in [7, 11) is -3.80. The molecule has 0 bridgehead atoms. The molecule has 1 N–H and O–H groups in total. The zero-order valence-electron chi connectivity index (χ0n) is 17.1. The van der Waals surface area contributed by atoms with E-state index in [1.165, 1.54) is 4.31 Å². The maximum absolute atomic E-state index is 13.3. The van der Waals surface area contributed by atoms with E-state index in [2.05, 4.69) is 10.3 Å². The lowest BCUT2D eigenvalue weighted by Crippen LogP contribution is -2.35. The Labute approximate surface area is 177 Å². The maximum atomic E-state index is 13.3. The average Bonchev–Trinajstić information content (AvgIpc) is 2.74. The van der Waals surface area contributed by atoms with Crippen LogP contribution in [0.25, 0.3) is 0 Å². The fourth-order valence-corrected chi connectivity index (χ4v) is 4.40. The highest BCUT2D eigenvalue weighted by Gasteiger charge is 2.25. The summed E-state index contributed by atoms with van der Waals surface area (Å²) < 4.78 is 27.9. The predicted molar refractivity (Wildman–Crippen MR) is 118 cm³/mol. The highest BCUT2D eigenvalue weighted by molar-refractivity contribution is 7.92. The number of pyridine rings is 1. The number of carbonyl (C=O) groups is 1. The zero-order chi connectivity index (χ0) is 21.6. The Morgan fingerprint density at radius 3 is 2.20 bits per heavy atom. The molecule has 0 atom stereocenters. The van der Waals surface area contributed by atoms with Gasteiger partial charge in [0.05, 0.1) is 10.6 Å². The van der Waals surface area contributed by atoms with Crippen molar-refractivity contribution in [1.82, 2.24) is 10.3 Å². The molecule has 0 aliphatic rings. The molecule has 0 saturated carbocycles. The molecule has 30 heavy (non-hydrogen) atoms. The summed E-state index contributed by atoms with van der Waals surface area (Å²) in [5.41, 5.74) is 3.42. The Kier molecular flexibility index (Phi) is 6.84. The monoisotopic (exact) mass is 423 g/mol. The third kappa shape index (κ3) is 5.45. The third-order valence-corrected chi connectivity index (χ3v) is 6.53. The van der Waals surface area contributed by atoms with Crippen molar-refractivity contribution in [3.8, 4) is 0 Å². The van der Waals surface area contributed by atoms with Crippen LogP contribution in [-0.4, -0.2) is 25.9 Å². The van der Waals surface area contributed by atoms with Gasteiger partial charge in [-0.25, -0.2) is 8.42 Å². The molecule has 156 valence electrons. The minimum Gasteiger partial charge on any atom is -0.352 e. The molecule has 7 heteroatoms. The Morgan fingerprint density at radius 2 is 1.60 bits per heavy atom. The topological polar surface area (TPSA) is 79.4 Å². The minimum absolute atomic E-state index is 0.0398. The van der Waals surface area contributed by atoms with Gasteiger partial charge in [0.15, 0.2) is 0 Å². The molecular weight excluding hydrogens is 398 g/mol. The van der Waals surface area contributed by atoms with E-state index in [1.807, 2.05) is 32.0 Å². The van der Waals surface area contributed by atoms with Crippen molar-refractivity contribution in [3.05, 3.63) is 89.7 Å². The number of hydrogen-bond donors (Lipinski definition) is 1. The number of nitrogens with zero attached hydrogens (tertiary/aromatic N) is 2. The number of benzene rings is 2. The van der Waals surface area contributed by atoms with Crippen molar-refractivity contribution in [2.24, 2.45) is 0 Å². The summed E-state index contributed by atoms with van der Waals surface area (Å²) in [5, 5.41) is 2.81. The van der Waals surface area contributed by atoms with E-state index in [9.17, 15) is 13.2 Å². The van der Waals surface area contributed by atoms with Gasteiger partial charge in [0.2, 0.25) is 5.91 Å². The molecule has 3 rings (SSSR count). The molecule has 0 fully saturated rings. The standard InChI is InChI=1S/C23H25N3O3S/c1-18-5-9-21(10-6-18)26(30(28,29)22-11-7-19(2)8-12-22)15-13-23(27)25-17-20-4-3-14-24-16-20/h3-12,14,16H,13,15,17H2,1-2H3,(H,25,27). The Hall–Kier alpha value is -3.19. The van der Waals surface area contributed by atoms with Gasteiger partial charge in [0, 0.05) is 31.9 Å². The molecule has 0 aliphatic heterocycles. The Morgan fingerprint density at radius 1 is 0.967 bits per heavy atom. The first kappa shape index (κ1) is 21.5. The van der Waals surface area contributed by atoms with Gasteiger partial charge < -0.3 is 5.32 Å². The van der Waals surface area contributed by atoms with E-state index in [-0.39, 0.29) is 23.8 Å². The van der Waals surface area contributed by atoms with Gasteiger partial charge >= 0.3 is 0 Å². The highest BCUT2D eigenvalue weighted by atomic mass is 32.2. The van der Waals surface area contributed by atoms with Crippen LogP contribution in [0.1, 0.15) is 23.1 Å². The smallest absolute Gasteiger partial charge is 0.264 e. The molecule has 0 unspecified atom stereocenters. The molecule has 0 saturated heterocycles. The summed E-state index contributed by atoms with van der Waals surface area (Å²) >= 11 is 0. The van der Waals surface area contributed by atoms with Crippen LogP contribution in [0, 0.1) is 13.8 Å². The first-order valence-electron chi connectivity index (χ1n) is 9.68. The van der Waals surface area contributed by atoms with Gasteiger partial charge in [-0.2, -0.15) is 0 Å². The molecule has 0 spiro atoms. The second-order valence-electron chi connectivity index (χ2n) is 7.11. The second kappa shape index (κ2) is 9.54. The van der Waals surface area contributed by atoms with Crippen LogP contribution in [0.2, 0.25) is 0 Å². The van der Waals surface area contributed by atoms with Crippen LogP contribution in [0.5, 0.6) is 0 Å². The fraction of sp³-hybridized carbons (Fsp3) is 0.217. The van der Waals surface area contributed by atoms with Gasteiger partial charge in [0.1, 0.15) is 0 Å². The maximum Gasteiger partial charge on any atom is 0.264 e. The van der Waals surface area contributed by atoms with E-state index >= 15 is 0 Å². The van der Waals surface area contributed by atoms with E-state index in [0.29, 0.717) is 12.2 Å². The van der Waals surface area contributed by atoms with Crippen molar-refractivity contribution < 1.29 is 13.2 Å². The van der Waals surface area contributed by atoms with E-state index in [0.717, 1.165) is 16.7 Å². The Balaban J connectivity index is 1.77. The van der Waals surface area contributed by atoms with Gasteiger partial charge in [-0.15, -0.1) is 0 Å².